The van der Waals surface area contributed by atoms with Gasteiger partial charge in [0.15, 0.2) is 0 Å². The SMILES string of the molecule is Nc1cc(C(=O)OCc2cncc(Br)c2)cc(Cl)c1Cl. The standard InChI is InChI=1S/C13H9BrCl2N2O2/c14-9-1-7(4-18-5-9)6-20-13(19)8-2-10(15)12(16)11(17)3-8/h1-5H,6,17H2. The van der Waals surface area contributed by atoms with Gasteiger partial charge in [0.25, 0.3) is 0 Å². The summed E-state index contributed by atoms with van der Waals surface area (Å²) >= 11 is 15.0. The van der Waals surface area contributed by atoms with Gasteiger partial charge in [-0.25, -0.2) is 4.79 Å². The van der Waals surface area contributed by atoms with E-state index >= 15 is 0 Å². The van der Waals surface area contributed by atoms with Gasteiger partial charge in [-0.3, -0.25) is 4.98 Å². The molecule has 0 saturated heterocycles. The molecule has 1 heterocycles. The highest BCUT2D eigenvalue weighted by Crippen LogP contribution is 2.29. The molecule has 2 aromatic rings. The van der Waals surface area contributed by atoms with Gasteiger partial charge in [-0.15, -0.1) is 0 Å². The van der Waals surface area contributed by atoms with Crippen LogP contribution in [0.4, 0.5) is 5.69 Å². The van der Waals surface area contributed by atoms with Crippen molar-refractivity contribution in [3.05, 3.63) is 56.2 Å². The van der Waals surface area contributed by atoms with Crippen molar-refractivity contribution in [2.24, 2.45) is 0 Å². The number of pyridine rings is 1. The third-order valence-electron chi connectivity index (χ3n) is 2.42. The zero-order valence-corrected chi connectivity index (χ0v) is 13.2. The second kappa shape index (κ2) is 6.43. The molecule has 4 nitrogen and oxygen atoms in total. The number of nitrogen functional groups attached to an aromatic ring is 1. The van der Waals surface area contributed by atoms with Crippen molar-refractivity contribution in [2.75, 3.05) is 5.73 Å². The molecule has 104 valence electrons. The lowest BCUT2D eigenvalue weighted by molar-refractivity contribution is 0.0472. The molecule has 0 saturated carbocycles. The number of nitrogens with two attached hydrogens (primary N) is 1. The van der Waals surface area contributed by atoms with E-state index in [2.05, 4.69) is 20.9 Å². The van der Waals surface area contributed by atoms with E-state index in [1.165, 1.54) is 12.1 Å². The van der Waals surface area contributed by atoms with Gasteiger partial charge in [0.2, 0.25) is 0 Å². The number of nitrogens with zero attached hydrogens (tertiary/aromatic N) is 1. The molecule has 0 unspecified atom stereocenters. The Kier molecular flexibility index (Phi) is 4.86. The lowest BCUT2D eigenvalue weighted by atomic mass is 10.2. The molecule has 20 heavy (non-hydrogen) atoms. The van der Waals surface area contributed by atoms with Gasteiger partial charge < -0.3 is 10.5 Å². The minimum absolute atomic E-state index is 0.103. The number of carbonyl (C=O) groups excluding carboxylic acids is 1. The molecule has 0 aliphatic heterocycles. The maximum absolute atomic E-state index is 11.9. The number of ether oxygens (including phenoxy) is 1. The Balaban J connectivity index is 2.09. The summed E-state index contributed by atoms with van der Waals surface area (Å²) in [5.41, 5.74) is 6.89. The monoisotopic (exact) mass is 374 g/mol. The van der Waals surface area contributed by atoms with Gasteiger partial charge in [0, 0.05) is 22.4 Å². The van der Waals surface area contributed by atoms with Gasteiger partial charge >= 0.3 is 5.97 Å². The van der Waals surface area contributed by atoms with Crippen LogP contribution in [0.25, 0.3) is 0 Å². The average molecular weight is 376 g/mol. The average Bonchev–Trinajstić information content (AvgIpc) is 2.41. The zero-order valence-electron chi connectivity index (χ0n) is 10.1. The highest BCUT2D eigenvalue weighted by atomic mass is 79.9. The Morgan fingerprint density at radius 3 is 2.70 bits per heavy atom. The molecule has 0 aliphatic rings. The zero-order chi connectivity index (χ0) is 14.7. The number of hydrogen-bond donors (Lipinski definition) is 1. The summed E-state index contributed by atoms with van der Waals surface area (Å²) in [5.74, 6) is -0.532. The molecular weight excluding hydrogens is 367 g/mol. The van der Waals surface area contributed by atoms with Crippen LogP contribution in [0.2, 0.25) is 10.0 Å². The molecule has 2 N–H and O–H groups in total. The van der Waals surface area contributed by atoms with E-state index in [9.17, 15) is 4.79 Å². The summed E-state index contributed by atoms with van der Waals surface area (Å²) in [7, 11) is 0. The van der Waals surface area contributed by atoms with Crippen molar-refractivity contribution in [1.82, 2.24) is 4.98 Å². The number of carbonyl (C=O) groups is 1. The lowest BCUT2D eigenvalue weighted by Gasteiger charge is -2.07. The summed E-state index contributed by atoms with van der Waals surface area (Å²) < 4.78 is 5.97. The molecule has 0 radical (unpaired) electrons. The number of rotatable bonds is 3. The van der Waals surface area contributed by atoms with Crippen molar-refractivity contribution in [2.45, 2.75) is 6.61 Å². The molecule has 0 fully saturated rings. The van der Waals surface area contributed by atoms with Crippen molar-refractivity contribution in [3.8, 4) is 0 Å². The Morgan fingerprint density at radius 1 is 1.30 bits per heavy atom. The summed E-state index contributed by atoms with van der Waals surface area (Å²) in [6.07, 6.45) is 3.26. The predicted octanol–water partition coefficient (Wildman–Crippen LogP) is 4.09. The fourth-order valence-electron chi connectivity index (χ4n) is 1.50. The third kappa shape index (κ3) is 3.62. The van der Waals surface area contributed by atoms with Crippen molar-refractivity contribution in [1.29, 1.82) is 0 Å². The first-order chi connectivity index (χ1) is 9.47. The predicted molar refractivity (Wildman–Crippen MR) is 81.9 cm³/mol. The Labute approximate surface area is 134 Å². The van der Waals surface area contributed by atoms with Crippen LogP contribution in [0.5, 0.6) is 0 Å². The number of aromatic nitrogens is 1. The Morgan fingerprint density at radius 2 is 2.05 bits per heavy atom. The van der Waals surface area contributed by atoms with Gasteiger partial charge in [-0.1, -0.05) is 23.2 Å². The Hall–Kier alpha value is -1.30. The van der Waals surface area contributed by atoms with E-state index in [1.807, 2.05) is 6.07 Å². The highest BCUT2D eigenvalue weighted by Gasteiger charge is 2.12. The van der Waals surface area contributed by atoms with Crippen LogP contribution in [0.15, 0.2) is 35.1 Å². The van der Waals surface area contributed by atoms with Crippen LogP contribution in [-0.4, -0.2) is 11.0 Å². The molecule has 0 spiro atoms. The molecule has 1 aromatic carbocycles. The fourth-order valence-corrected chi connectivity index (χ4v) is 2.24. The van der Waals surface area contributed by atoms with Crippen molar-refractivity contribution >= 4 is 50.8 Å². The lowest BCUT2D eigenvalue weighted by Crippen LogP contribution is -2.06. The summed E-state index contributed by atoms with van der Waals surface area (Å²) in [4.78, 5) is 15.9. The first-order valence-electron chi connectivity index (χ1n) is 5.48. The largest absolute Gasteiger partial charge is 0.457 e. The maximum atomic E-state index is 11.9. The second-order valence-corrected chi connectivity index (χ2v) is 5.65. The first kappa shape index (κ1) is 15.1. The van der Waals surface area contributed by atoms with Gasteiger partial charge in [-0.05, 0) is 34.1 Å². The summed E-state index contributed by atoms with van der Waals surface area (Å²) in [6, 6.07) is 4.65. The highest BCUT2D eigenvalue weighted by molar-refractivity contribution is 9.10. The van der Waals surface area contributed by atoms with Crippen LogP contribution in [0, 0.1) is 0 Å². The Bertz CT molecular complexity index is 642. The molecule has 0 amide bonds. The summed E-state index contributed by atoms with van der Waals surface area (Å²) in [5, 5.41) is 0.433. The number of hydrogen-bond acceptors (Lipinski definition) is 4. The number of halogens is 3. The van der Waals surface area contributed by atoms with Crippen LogP contribution in [0.1, 0.15) is 15.9 Å². The van der Waals surface area contributed by atoms with E-state index in [0.29, 0.717) is 0 Å². The van der Waals surface area contributed by atoms with E-state index in [-0.39, 0.29) is 27.9 Å². The molecule has 7 heteroatoms. The second-order valence-electron chi connectivity index (χ2n) is 3.95. The minimum Gasteiger partial charge on any atom is -0.457 e. The van der Waals surface area contributed by atoms with Crippen LogP contribution in [0.3, 0.4) is 0 Å². The number of esters is 1. The molecule has 0 aliphatic carbocycles. The third-order valence-corrected chi connectivity index (χ3v) is 3.67. The van der Waals surface area contributed by atoms with Gasteiger partial charge in [0.1, 0.15) is 6.61 Å². The maximum Gasteiger partial charge on any atom is 0.338 e. The van der Waals surface area contributed by atoms with Crippen molar-refractivity contribution < 1.29 is 9.53 Å². The van der Waals surface area contributed by atoms with Crippen LogP contribution in [-0.2, 0) is 11.3 Å². The normalized spacial score (nSPS) is 10.3. The first-order valence-corrected chi connectivity index (χ1v) is 7.03. The van der Waals surface area contributed by atoms with Crippen LogP contribution >= 0.6 is 39.1 Å². The van der Waals surface area contributed by atoms with Gasteiger partial charge in [0.05, 0.1) is 21.3 Å². The molecular formula is C13H9BrCl2N2O2. The topological polar surface area (TPSA) is 65.2 Å². The van der Waals surface area contributed by atoms with E-state index in [1.54, 1.807) is 12.4 Å². The summed E-state index contributed by atoms with van der Waals surface area (Å²) in [6.45, 7) is 0.103. The molecule has 0 atom stereocenters. The number of anilines is 1. The van der Waals surface area contributed by atoms with E-state index in [4.69, 9.17) is 33.7 Å². The quantitative estimate of drug-likeness (QED) is 0.648. The van der Waals surface area contributed by atoms with Gasteiger partial charge in [-0.2, -0.15) is 0 Å². The number of benzene rings is 1. The smallest absolute Gasteiger partial charge is 0.338 e. The molecule has 0 bridgehead atoms. The van der Waals surface area contributed by atoms with Crippen molar-refractivity contribution in [3.63, 3.8) is 0 Å². The molecule has 2 rings (SSSR count). The van der Waals surface area contributed by atoms with E-state index < -0.39 is 5.97 Å². The molecule has 1 aromatic heterocycles. The minimum atomic E-state index is -0.532. The fraction of sp³-hybridized carbons (Fsp3) is 0.0769. The van der Waals surface area contributed by atoms with Crippen LogP contribution < -0.4 is 5.73 Å². The van der Waals surface area contributed by atoms with E-state index in [0.717, 1.165) is 10.0 Å².